The molecule has 3 nitrogen and oxygen atoms in total. The van der Waals surface area contributed by atoms with Crippen molar-refractivity contribution in [3.8, 4) is 0 Å². The summed E-state index contributed by atoms with van der Waals surface area (Å²) in [4.78, 5) is 2.15. The number of likely N-dealkylation sites (tertiary alicyclic amines) is 1. The van der Waals surface area contributed by atoms with E-state index in [2.05, 4.69) is 4.90 Å². The van der Waals surface area contributed by atoms with Gasteiger partial charge in [0.1, 0.15) is 0 Å². The van der Waals surface area contributed by atoms with Gasteiger partial charge in [-0.05, 0) is 25.8 Å². The third-order valence-electron chi connectivity index (χ3n) is 4.25. The smallest absolute Gasteiger partial charge is 0.163 e. The van der Waals surface area contributed by atoms with Gasteiger partial charge >= 0.3 is 0 Å². The second kappa shape index (κ2) is 6.61. The number of piperidine rings is 1. The molecule has 0 bridgehead atoms. The zero-order chi connectivity index (χ0) is 14.7. The van der Waals surface area contributed by atoms with Crippen LogP contribution in [0.2, 0.25) is 0 Å². The number of benzene rings is 1. The van der Waals surface area contributed by atoms with Gasteiger partial charge in [0.15, 0.2) is 11.6 Å². The monoisotopic (exact) mass is 284 g/mol. The lowest BCUT2D eigenvalue weighted by atomic mass is 9.95. The maximum Gasteiger partial charge on any atom is 0.163 e. The molecule has 1 fully saturated rings. The molecule has 0 radical (unpaired) electrons. The van der Waals surface area contributed by atoms with Crippen molar-refractivity contribution in [2.24, 2.45) is 5.73 Å². The zero-order valence-corrected chi connectivity index (χ0v) is 12.0. The zero-order valence-electron chi connectivity index (χ0n) is 12.0. The molecule has 0 saturated carbocycles. The van der Waals surface area contributed by atoms with Crippen molar-refractivity contribution in [1.29, 1.82) is 0 Å². The van der Waals surface area contributed by atoms with E-state index in [1.165, 1.54) is 0 Å². The van der Waals surface area contributed by atoms with Gasteiger partial charge in [0, 0.05) is 37.8 Å². The fourth-order valence-corrected chi connectivity index (χ4v) is 3.01. The van der Waals surface area contributed by atoms with Crippen LogP contribution in [0.3, 0.4) is 0 Å². The second-order valence-corrected chi connectivity index (χ2v) is 5.33. The van der Waals surface area contributed by atoms with Gasteiger partial charge in [-0.3, -0.25) is 4.90 Å². The molecule has 5 heteroatoms. The molecular formula is C15H22F2N2O. The average molecular weight is 284 g/mol. The summed E-state index contributed by atoms with van der Waals surface area (Å²) in [5.74, 6) is -1.56. The Bertz CT molecular complexity index is 455. The van der Waals surface area contributed by atoms with Gasteiger partial charge in [-0.1, -0.05) is 12.1 Å². The molecule has 2 N–H and O–H groups in total. The molecule has 3 atom stereocenters. The summed E-state index contributed by atoms with van der Waals surface area (Å²) in [5.41, 5.74) is 6.22. The highest BCUT2D eigenvalue weighted by molar-refractivity contribution is 5.22. The third kappa shape index (κ3) is 3.00. The molecule has 3 unspecified atom stereocenters. The fourth-order valence-electron chi connectivity index (χ4n) is 3.01. The van der Waals surface area contributed by atoms with Gasteiger partial charge in [-0.2, -0.15) is 0 Å². The van der Waals surface area contributed by atoms with E-state index in [1.54, 1.807) is 19.2 Å². The Hall–Kier alpha value is -1.04. The van der Waals surface area contributed by atoms with E-state index in [1.807, 2.05) is 6.92 Å². The molecule has 1 aromatic rings. The van der Waals surface area contributed by atoms with Crippen LogP contribution >= 0.6 is 0 Å². The lowest BCUT2D eigenvalue weighted by Gasteiger charge is -2.42. The minimum Gasteiger partial charge on any atom is -0.381 e. The Morgan fingerprint density at radius 2 is 2.20 bits per heavy atom. The van der Waals surface area contributed by atoms with Crippen LogP contribution in [0.1, 0.15) is 31.4 Å². The van der Waals surface area contributed by atoms with Crippen LogP contribution in [0.25, 0.3) is 0 Å². The largest absolute Gasteiger partial charge is 0.381 e. The van der Waals surface area contributed by atoms with Crippen molar-refractivity contribution in [2.45, 2.75) is 38.0 Å². The van der Waals surface area contributed by atoms with E-state index in [0.717, 1.165) is 25.5 Å². The maximum atomic E-state index is 13.9. The molecule has 0 aromatic heterocycles. The molecule has 20 heavy (non-hydrogen) atoms. The van der Waals surface area contributed by atoms with E-state index < -0.39 is 11.6 Å². The third-order valence-corrected chi connectivity index (χ3v) is 4.25. The van der Waals surface area contributed by atoms with Crippen LogP contribution in [-0.4, -0.2) is 37.2 Å². The van der Waals surface area contributed by atoms with E-state index in [4.69, 9.17) is 10.5 Å². The van der Waals surface area contributed by atoms with Crippen LogP contribution in [0.4, 0.5) is 8.78 Å². The number of hydrogen-bond donors (Lipinski definition) is 1. The van der Waals surface area contributed by atoms with Gasteiger partial charge in [0.2, 0.25) is 0 Å². The van der Waals surface area contributed by atoms with Crippen molar-refractivity contribution in [3.63, 3.8) is 0 Å². The molecule has 1 aromatic carbocycles. The molecule has 2 rings (SSSR count). The number of methoxy groups -OCH3 is 1. The van der Waals surface area contributed by atoms with Gasteiger partial charge in [0.25, 0.3) is 0 Å². The predicted octanol–water partition coefficient (Wildman–Crippen LogP) is 2.46. The fraction of sp³-hybridized carbons (Fsp3) is 0.600. The Labute approximate surface area is 118 Å². The molecule has 1 heterocycles. The first-order valence-electron chi connectivity index (χ1n) is 7.01. The van der Waals surface area contributed by atoms with Gasteiger partial charge in [0.05, 0.1) is 6.10 Å². The van der Waals surface area contributed by atoms with E-state index in [0.29, 0.717) is 12.1 Å². The number of halogens is 2. The highest BCUT2D eigenvalue weighted by Crippen LogP contribution is 2.30. The van der Waals surface area contributed by atoms with Crippen molar-refractivity contribution >= 4 is 0 Å². The molecule has 1 saturated heterocycles. The molecule has 1 aliphatic rings. The molecule has 0 amide bonds. The van der Waals surface area contributed by atoms with Crippen LogP contribution in [-0.2, 0) is 4.74 Å². The maximum absolute atomic E-state index is 13.9. The summed E-state index contributed by atoms with van der Waals surface area (Å²) in [5, 5.41) is 0. The highest BCUT2D eigenvalue weighted by atomic mass is 19.2. The van der Waals surface area contributed by atoms with E-state index in [9.17, 15) is 8.78 Å². The Morgan fingerprint density at radius 1 is 1.45 bits per heavy atom. The summed E-state index contributed by atoms with van der Waals surface area (Å²) in [6.07, 6.45) is 1.91. The first-order chi connectivity index (χ1) is 9.58. The first-order valence-corrected chi connectivity index (χ1v) is 7.01. The SMILES string of the molecule is COC1CCN(C(C)c2cccc(F)c2F)C(CN)C1. The van der Waals surface area contributed by atoms with Crippen molar-refractivity contribution in [3.05, 3.63) is 35.4 Å². The standard InChI is InChI=1S/C15H22F2N2O/c1-10(13-4-3-5-14(16)15(13)17)19-7-6-12(20-2)8-11(19)9-18/h3-5,10-12H,6-9,18H2,1-2H3. The summed E-state index contributed by atoms with van der Waals surface area (Å²) in [6.45, 7) is 3.16. The van der Waals surface area contributed by atoms with Crippen LogP contribution in [0, 0.1) is 11.6 Å². The summed E-state index contributed by atoms with van der Waals surface area (Å²) >= 11 is 0. The van der Waals surface area contributed by atoms with Crippen molar-refractivity contribution in [1.82, 2.24) is 4.90 Å². The highest BCUT2D eigenvalue weighted by Gasteiger charge is 2.32. The lowest BCUT2D eigenvalue weighted by Crippen LogP contribution is -2.49. The van der Waals surface area contributed by atoms with Crippen LogP contribution in [0.15, 0.2) is 18.2 Å². The van der Waals surface area contributed by atoms with Crippen LogP contribution < -0.4 is 5.73 Å². The van der Waals surface area contributed by atoms with E-state index in [-0.39, 0.29) is 18.2 Å². The summed E-state index contributed by atoms with van der Waals surface area (Å²) < 4.78 is 32.7. The first kappa shape index (κ1) is 15.4. The quantitative estimate of drug-likeness (QED) is 0.923. The van der Waals surface area contributed by atoms with Crippen molar-refractivity contribution < 1.29 is 13.5 Å². The number of ether oxygens (including phenoxy) is 1. The minimum absolute atomic E-state index is 0.131. The number of rotatable bonds is 4. The summed E-state index contributed by atoms with van der Waals surface area (Å²) in [7, 11) is 1.70. The molecular weight excluding hydrogens is 262 g/mol. The molecule has 112 valence electrons. The molecule has 1 aliphatic heterocycles. The topological polar surface area (TPSA) is 38.5 Å². The van der Waals surface area contributed by atoms with Gasteiger partial charge < -0.3 is 10.5 Å². The summed E-state index contributed by atoms with van der Waals surface area (Å²) in [6, 6.07) is 4.26. The second-order valence-electron chi connectivity index (χ2n) is 5.33. The predicted molar refractivity (Wildman–Crippen MR) is 74.4 cm³/mol. The average Bonchev–Trinajstić information content (AvgIpc) is 2.48. The van der Waals surface area contributed by atoms with Gasteiger partial charge in [-0.15, -0.1) is 0 Å². The Balaban J connectivity index is 2.19. The van der Waals surface area contributed by atoms with Gasteiger partial charge in [-0.25, -0.2) is 8.78 Å². The molecule has 0 spiro atoms. The Morgan fingerprint density at radius 3 is 2.85 bits per heavy atom. The number of hydrogen-bond acceptors (Lipinski definition) is 3. The van der Waals surface area contributed by atoms with Crippen LogP contribution in [0.5, 0.6) is 0 Å². The Kier molecular flexibility index (Phi) is 5.07. The normalized spacial score (nSPS) is 25.6. The number of nitrogens with zero attached hydrogens (tertiary/aromatic N) is 1. The van der Waals surface area contributed by atoms with E-state index >= 15 is 0 Å². The van der Waals surface area contributed by atoms with Crippen molar-refractivity contribution in [2.75, 3.05) is 20.2 Å². The number of nitrogens with two attached hydrogens (primary N) is 1. The molecule has 0 aliphatic carbocycles. The lowest BCUT2D eigenvalue weighted by molar-refractivity contribution is -0.00224. The minimum atomic E-state index is -0.801.